The molecule has 0 aliphatic rings. The van der Waals surface area contributed by atoms with Gasteiger partial charge in [0.25, 0.3) is 10.1 Å². The standard InChI is InChI=1S/C15H28O7S.2Na.2H/c1-2-3-4-5-6-7-8-9-10-11-22-15(18)13(12-14(16)17)23(19,20)21;;;;/h13H,2-12H2,1H3,(H,16,17)(H,19,20,21);;;;/q;2*+1;2*-1. The van der Waals surface area contributed by atoms with Crippen molar-refractivity contribution in [1.82, 2.24) is 0 Å². The summed E-state index contributed by atoms with van der Waals surface area (Å²) < 4.78 is 35.6. The number of hydrogen-bond acceptors (Lipinski definition) is 5. The van der Waals surface area contributed by atoms with Gasteiger partial charge in [0.05, 0.1) is 13.0 Å². The van der Waals surface area contributed by atoms with E-state index in [1.165, 1.54) is 32.1 Å². The summed E-state index contributed by atoms with van der Waals surface area (Å²) >= 11 is 0. The minimum atomic E-state index is -4.78. The number of carboxylic acid groups (broad SMARTS) is 1. The zero-order chi connectivity index (χ0) is 17.7. The van der Waals surface area contributed by atoms with Crippen LogP contribution in [0.4, 0.5) is 0 Å². The average molecular weight is 400 g/mol. The Hall–Kier alpha value is 0.850. The molecule has 25 heavy (non-hydrogen) atoms. The van der Waals surface area contributed by atoms with Crippen molar-refractivity contribution in [2.75, 3.05) is 6.61 Å². The summed E-state index contributed by atoms with van der Waals surface area (Å²) in [5.41, 5.74) is 0. The van der Waals surface area contributed by atoms with Gasteiger partial charge in [-0.15, -0.1) is 0 Å². The molecule has 0 fully saturated rings. The van der Waals surface area contributed by atoms with Gasteiger partial charge in [0.2, 0.25) is 0 Å². The number of rotatable bonds is 14. The van der Waals surface area contributed by atoms with E-state index in [2.05, 4.69) is 6.92 Å². The van der Waals surface area contributed by atoms with Gasteiger partial charge in [0, 0.05) is 0 Å². The summed E-state index contributed by atoms with van der Waals surface area (Å²) in [5.74, 6) is -2.71. The molecule has 140 valence electrons. The fraction of sp³-hybridized carbons (Fsp3) is 0.867. The first kappa shape index (κ1) is 30.6. The van der Waals surface area contributed by atoms with Crippen LogP contribution in [-0.2, 0) is 24.4 Å². The molecule has 0 bridgehead atoms. The molecule has 1 unspecified atom stereocenters. The molecule has 0 aromatic heterocycles. The van der Waals surface area contributed by atoms with Gasteiger partial charge < -0.3 is 12.7 Å². The maximum atomic E-state index is 11.5. The van der Waals surface area contributed by atoms with Crippen LogP contribution in [0.25, 0.3) is 0 Å². The molecule has 0 aromatic rings. The van der Waals surface area contributed by atoms with Crippen molar-refractivity contribution in [3.63, 3.8) is 0 Å². The average Bonchev–Trinajstić information content (AvgIpc) is 2.45. The van der Waals surface area contributed by atoms with Crippen molar-refractivity contribution >= 4 is 22.1 Å². The van der Waals surface area contributed by atoms with Gasteiger partial charge in [-0.2, -0.15) is 8.42 Å². The molecular formula is C15H30Na2O7S. The minimum absolute atomic E-state index is 0. The smallest absolute Gasteiger partial charge is 1.00 e. The Balaban J connectivity index is -0.000000403. The molecule has 7 nitrogen and oxygen atoms in total. The first-order valence-electron chi connectivity index (χ1n) is 8.13. The summed E-state index contributed by atoms with van der Waals surface area (Å²) in [4.78, 5) is 22.1. The Morgan fingerprint density at radius 2 is 1.40 bits per heavy atom. The molecule has 0 radical (unpaired) electrons. The Morgan fingerprint density at radius 1 is 0.960 bits per heavy atom. The normalized spacial score (nSPS) is 11.8. The third kappa shape index (κ3) is 18.0. The van der Waals surface area contributed by atoms with E-state index in [9.17, 15) is 18.0 Å². The van der Waals surface area contributed by atoms with Crippen molar-refractivity contribution in [1.29, 1.82) is 0 Å². The third-order valence-electron chi connectivity index (χ3n) is 3.47. The van der Waals surface area contributed by atoms with E-state index in [1.807, 2.05) is 0 Å². The van der Waals surface area contributed by atoms with Crippen LogP contribution in [0.1, 0.15) is 74.0 Å². The summed E-state index contributed by atoms with van der Waals surface area (Å²) in [6.45, 7) is 2.20. The second-order valence-corrected chi connectivity index (χ2v) is 7.20. The van der Waals surface area contributed by atoms with Crippen LogP contribution < -0.4 is 59.1 Å². The van der Waals surface area contributed by atoms with Gasteiger partial charge in [-0.25, -0.2) is 0 Å². The van der Waals surface area contributed by atoms with E-state index in [4.69, 9.17) is 14.4 Å². The first-order chi connectivity index (χ1) is 10.8. The van der Waals surface area contributed by atoms with E-state index in [0.29, 0.717) is 6.42 Å². The molecule has 0 aliphatic carbocycles. The predicted molar refractivity (Wildman–Crippen MR) is 88.0 cm³/mol. The number of hydrogen-bond donors (Lipinski definition) is 2. The summed E-state index contributed by atoms with van der Waals surface area (Å²) in [5, 5.41) is 6.50. The number of ether oxygens (including phenoxy) is 1. The van der Waals surface area contributed by atoms with Crippen LogP contribution in [0, 0.1) is 0 Å². The summed E-state index contributed by atoms with van der Waals surface area (Å²) in [6.07, 6.45) is 8.73. The number of esters is 1. The largest absolute Gasteiger partial charge is 1.00 e. The van der Waals surface area contributed by atoms with Crippen LogP contribution in [0.2, 0.25) is 0 Å². The van der Waals surface area contributed by atoms with E-state index >= 15 is 0 Å². The number of carboxylic acids is 1. The minimum Gasteiger partial charge on any atom is -1.00 e. The second kappa shape index (κ2) is 18.2. The zero-order valence-corrected chi connectivity index (χ0v) is 20.5. The van der Waals surface area contributed by atoms with Gasteiger partial charge >= 0.3 is 71.1 Å². The number of carbonyl (C=O) groups excluding carboxylic acids is 1. The van der Waals surface area contributed by atoms with E-state index in [0.717, 1.165) is 19.3 Å². The Kier molecular flexibility index (Phi) is 22.3. The van der Waals surface area contributed by atoms with Crippen LogP contribution in [0.15, 0.2) is 0 Å². The van der Waals surface area contributed by atoms with Gasteiger partial charge in [-0.05, 0) is 6.42 Å². The fourth-order valence-electron chi connectivity index (χ4n) is 2.15. The molecule has 0 saturated carbocycles. The van der Waals surface area contributed by atoms with Gasteiger partial charge in [0.15, 0.2) is 5.25 Å². The van der Waals surface area contributed by atoms with Crippen molar-refractivity contribution in [3.8, 4) is 0 Å². The predicted octanol–water partition coefficient (Wildman–Crippen LogP) is -2.98. The molecular weight excluding hydrogens is 370 g/mol. The van der Waals surface area contributed by atoms with Crippen LogP contribution in [0.5, 0.6) is 0 Å². The first-order valence-corrected chi connectivity index (χ1v) is 9.64. The van der Waals surface area contributed by atoms with Gasteiger partial charge in [0.1, 0.15) is 0 Å². The Labute approximate surface area is 198 Å². The molecule has 0 rings (SSSR count). The molecule has 0 spiro atoms. The maximum Gasteiger partial charge on any atom is 1.00 e. The van der Waals surface area contributed by atoms with Crippen LogP contribution in [0.3, 0.4) is 0 Å². The molecule has 0 saturated heterocycles. The van der Waals surface area contributed by atoms with Crippen molar-refractivity contribution in [3.05, 3.63) is 0 Å². The van der Waals surface area contributed by atoms with Crippen molar-refractivity contribution in [2.24, 2.45) is 0 Å². The second-order valence-electron chi connectivity index (χ2n) is 5.60. The number of unbranched alkanes of at least 4 members (excludes halogenated alkanes) is 8. The zero-order valence-electron chi connectivity index (χ0n) is 17.7. The van der Waals surface area contributed by atoms with E-state index in [-0.39, 0.29) is 68.6 Å². The topological polar surface area (TPSA) is 118 Å². The molecule has 2 N–H and O–H groups in total. The van der Waals surface area contributed by atoms with Crippen molar-refractivity contribution < 1.29 is 94.4 Å². The van der Waals surface area contributed by atoms with E-state index < -0.39 is 33.7 Å². The van der Waals surface area contributed by atoms with Gasteiger partial charge in [-0.1, -0.05) is 58.3 Å². The maximum absolute atomic E-state index is 11.5. The quantitative estimate of drug-likeness (QED) is 0.138. The number of carbonyl (C=O) groups is 2. The molecule has 0 aromatic carbocycles. The summed E-state index contributed by atoms with van der Waals surface area (Å²) in [6, 6.07) is 0. The Morgan fingerprint density at radius 3 is 1.80 bits per heavy atom. The van der Waals surface area contributed by atoms with Crippen LogP contribution in [-0.4, -0.2) is 41.9 Å². The molecule has 10 heteroatoms. The SMILES string of the molecule is CCCCCCCCCCCOC(=O)C(CC(=O)O)S(=O)(=O)O.[H-].[H-].[Na+].[Na+]. The summed E-state index contributed by atoms with van der Waals surface area (Å²) in [7, 11) is -4.78. The molecule has 0 amide bonds. The van der Waals surface area contributed by atoms with E-state index in [1.54, 1.807) is 0 Å². The Bertz CT molecular complexity index is 465. The molecule has 0 heterocycles. The van der Waals surface area contributed by atoms with Gasteiger partial charge in [-0.3, -0.25) is 14.1 Å². The molecule has 0 aliphatic heterocycles. The molecule has 1 atom stereocenters. The monoisotopic (exact) mass is 400 g/mol. The van der Waals surface area contributed by atoms with Crippen molar-refractivity contribution in [2.45, 2.75) is 76.4 Å². The number of aliphatic carboxylic acids is 1. The third-order valence-corrected chi connectivity index (χ3v) is 4.55. The van der Waals surface area contributed by atoms with Crippen LogP contribution >= 0.6 is 0 Å². The fourth-order valence-corrected chi connectivity index (χ4v) is 2.81.